The number of thioether (sulfide) groups is 1. The first-order chi connectivity index (χ1) is 14.0. The van der Waals surface area contributed by atoms with Gasteiger partial charge in [0.15, 0.2) is 0 Å². The van der Waals surface area contributed by atoms with E-state index in [1.165, 1.54) is 26.4 Å². The molecule has 2 aliphatic rings. The highest BCUT2D eigenvalue weighted by Gasteiger charge is 2.46. The predicted molar refractivity (Wildman–Crippen MR) is 114 cm³/mol. The van der Waals surface area contributed by atoms with Crippen LogP contribution in [0.25, 0.3) is 0 Å². The Morgan fingerprint density at radius 2 is 1.83 bits per heavy atom. The zero-order valence-electron chi connectivity index (χ0n) is 17.7. The molecule has 0 aromatic heterocycles. The fourth-order valence-electron chi connectivity index (χ4n) is 4.17. The van der Waals surface area contributed by atoms with Crippen molar-refractivity contribution in [2.24, 2.45) is 5.92 Å². The highest BCUT2D eigenvalue weighted by molar-refractivity contribution is 8.00. The number of amides is 1. The highest BCUT2D eigenvalue weighted by atomic mass is 32.2. The molecular weight excluding hydrogens is 390 g/mol. The zero-order valence-corrected chi connectivity index (χ0v) is 18.5. The first-order valence-electron chi connectivity index (χ1n) is 10.3. The van der Waals surface area contributed by atoms with Crippen LogP contribution in [0.15, 0.2) is 18.2 Å². The molecule has 6 nitrogen and oxygen atoms in total. The lowest BCUT2D eigenvalue weighted by atomic mass is 9.88. The molecule has 1 aromatic rings. The van der Waals surface area contributed by atoms with E-state index in [2.05, 4.69) is 0 Å². The molecule has 1 aromatic carbocycles. The number of nitrogens with zero attached hydrogens (tertiary/aromatic N) is 1. The van der Waals surface area contributed by atoms with Gasteiger partial charge in [-0.3, -0.25) is 4.79 Å². The van der Waals surface area contributed by atoms with E-state index in [1.54, 1.807) is 42.0 Å². The Morgan fingerprint density at radius 3 is 2.45 bits per heavy atom. The molecule has 1 saturated carbocycles. The maximum absolute atomic E-state index is 13.7. The number of benzene rings is 1. The van der Waals surface area contributed by atoms with Crippen LogP contribution in [0.2, 0.25) is 0 Å². The van der Waals surface area contributed by atoms with Gasteiger partial charge in [-0.15, -0.1) is 11.8 Å². The smallest absolute Gasteiger partial charge is 0.330 e. The van der Waals surface area contributed by atoms with Gasteiger partial charge in [-0.25, -0.2) is 4.79 Å². The molecule has 0 spiro atoms. The fourth-order valence-corrected chi connectivity index (χ4v) is 5.80. The van der Waals surface area contributed by atoms with Crippen LogP contribution in [0.3, 0.4) is 0 Å². The third-order valence-corrected chi connectivity index (χ3v) is 7.05. The molecule has 0 N–H and O–H groups in total. The molecule has 3 rings (SSSR count). The van der Waals surface area contributed by atoms with E-state index in [4.69, 9.17) is 14.2 Å². The summed E-state index contributed by atoms with van der Waals surface area (Å²) in [6.07, 6.45) is 5.56. The summed E-state index contributed by atoms with van der Waals surface area (Å²) in [6.45, 7) is 3.66. The lowest BCUT2D eigenvalue weighted by Crippen LogP contribution is -2.49. The largest absolute Gasteiger partial charge is 0.497 e. The number of methoxy groups -OCH3 is 2. The van der Waals surface area contributed by atoms with Gasteiger partial charge in [0, 0.05) is 11.8 Å². The van der Waals surface area contributed by atoms with Gasteiger partial charge in [0.25, 0.3) is 5.91 Å². The Hall–Kier alpha value is -1.89. The second-order valence-electron chi connectivity index (χ2n) is 7.90. The van der Waals surface area contributed by atoms with Gasteiger partial charge in [-0.05, 0) is 44.7 Å². The van der Waals surface area contributed by atoms with Gasteiger partial charge >= 0.3 is 5.97 Å². The first-order valence-corrected chi connectivity index (χ1v) is 11.4. The van der Waals surface area contributed by atoms with Crippen LogP contribution in [-0.2, 0) is 9.53 Å². The van der Waals surface area contributed by atoms with Crippen molar-refractivity contribution in [2.45, 2.75) is 63.5 Å². The first kappa shape index (κ1) is 21.8. The van der Waals surface area contributed by atoms with Crippen LogP contribution in [0.5, 0.6) is 11.5 Å². The Kier molecular flexibility index (Phi) is 7.33. The minimum absolute atomic E-state index is 0.0145. The third kappa shape index (κ3) is 4.82. The maximum Gasteiger partial charge on any atom is 0.330 e. The highest BCUT2D eigenvalue weighted by Crippen LogP contribution is 2.42. The summed E-state index contributed by atoms with van der Waals surface area (Å²) in [5, 5.41) is -0.0145. The minimum atomic E-state index is -0.575. The van der Waals surface area contributed by atoms with E-state index in [0.29, 0.717) is 28.7 Å². The van der Waals surface area contributed by atoms with Gasteiger partial charge in [-0.1, -0.05) is 19.3 Å². The fraction of sp³-hybridized carbons (Fsp3) is 0.636. The molecule has 1 aliphatic heterocycles. The van der Waals surface area contributed by atoms with E-state index in [-0.39, 0.29) is 23.4 Å². The van der Waals surface area contributed by atoms with Crippen LogP contribution >= 0.6 is 11.8 Å². The molecule has 2 atom stereocenters. The molecule has 1 amide bonds. The molecular formula is C22H31NO5S. The molecule has 2 fully saturated rings. The maximum atomic E-state index is 13.7. The number of rotatable bonds is 6. The van der Waals surface area contributed by atoms with Crippen molar-refractivity contribution in [3.63, 3.8) is 0 Å². The number of esters is 1. The van der Waals surface area contributed by atoms with Crippen LogP contribution in [0.4, 0.5) is 0 Å². The van der Waals surface area contributed by atoms with Gasteiger partial charge in [0.05, 0.1) is 31.3 Å². The normalized spacial score (nSPS) is 22.6. The van der Waals surface area contributed by atoms with Crippen molar-refractivity contribution in [1.82, 2.24) is 4.90 Å². The van der Waals surface area contributed by atoms with Gasteiger partial charge in [-0.2, -0.15) is 0 Å². The average molecular weight is 422 g/mol. The summed E-state index contributed by atoms with van der Waals surface area (Å²) < 4.78 is 16.2. The third-order valence-electron chi connectivity index (χ3n) is 5.59. The Labute approximate surface area is 177 Å². The van der Waals surface area contributed by atoms with E-state index in [0.717, 1.165) is 12.8 Å². The summed E-state index contributed by atoms with van der Waals surface area (Å²) in [5.74, 6) is 1.52. The summed E-state index contributed by atoms with van der Waals surface area (Å²) in [5.41, 5.74) is 0.443. The average Bonchev–Trinajstić information content (AvgIpc) is 3.18. The summed E-state index contributed by atoms with van der Waals surface area (Å²) in [7, 11) is 3.11. The monoisotopic (exact) mass is 421 g/mol. The molecule has 160 valence electrons. The number of ether oxygens (including phenoxy) is 3. The lowest BCUT2D eigenvalue weighted by molar-refractivity contribution is -0.152. The van der Waals surface area contributed by atoms with Crippen molar-refractivity contribution < 1.29 is 23.8 Å². The van der Waals surface area contributed by atoms with Gasteiger partial charge in [0.1, 0.15) is 17.5 Å². The molecule has 0 bridgehead atoms. The molecule has 29 heavy (non-hydrogen) atoms. The van der Waals surface area contributed by atoms with Crippen molar-refractivity contribution >= 4 is 23.6 Å². The van der Waals surface area contributed by atoms with Crippen LogP contribution in [0, 0.1) is 5.92 Å². The summed E-state index contributed by atoms with van der Waals surface area (Å²) >= 11 is 1.70. The molecule has 1 heterocycles. The Bertz CT molecular complexity index is 732. The summed E-state index contributed by atoms with van der Waals surface area (Å²) in [4.78, 5) is 28.2. The molecule has 1 aliphatic carbocycles. The number of carbonyl (C=O) groups excluding carboxylic acids is 2. The van der Waals surface area contributed by atoms with Crippen LogP contribution < -0.4 is 9.47 Å². The molecule has 7 heteroatoms. The second-order valence-corrected chi connectivity index (χ2v) is 9.05. The standard InChI is InChI=1S/C22H31NO5S/c1-14(2)28-22(25)18-13-29-21(15-8-6-5-7-9-15)23(18)20(24)17-11-10-16(26-3)12-19(17)27-4/h10-12,14-15,18,21H,5-9,13H2,1-4H3. The van der Waals surface area contributed by atoms with Crippen LogP contribution in [0.1, 0.15) is 56.3 Å². The van der Waals surface area contributed by atoms with Crippen LogP contribution in [-0.4, -0.2) is 54.3 Å². The van der Waals surface area contributed by atoms with Gasteiger partial charge in [0.2, 0.25) is 0 Å². The second kappa shape index (κ2) is 9.74. The topological polar surface area (TPSA) is 65.1 Å². The molecule has 1 saturated heterocycles. The summed E-state index contributed by atoms with van der Waals surface area (Å²) in [6, 6.07) is 4.59. The number of hydrogen-bond acceptors (Lipinski definition) is 6. The quantitative estimate of drug-likeness (QED) is 0.644. The molecule has 0 radical (unpaired) electrons. The van der Waals surface area contributed by atoms with Crippen molar-refractivity contribution in [2.75, 3.05) is 20.0 Å². The van der Waals surface area contributed by atoms with E-state index >= 15 is 0 Å². The zero-order chi connectivity index (χ0) is 21.0. The lowest BCUT2D eigenvalue weighted by Gasteiger charge is -2.35. The number of hydrogen-bond donors (Lipinski definition) is 0. The van der Waals surface area contributed by atoms with E-state index in [9.17, 15) is 9.59 Å². The molecule has 2 unspecified atom stereocenters. The van der Waals surface area contributed by atoms with E-state index in [1.807, 2.05) is 13.8 Å². The minimum Gasteiger partial charge on any atom is -0.497 e. The Balaban J connectivity index is 1.93. The van der Waals surface area contributed by atoms with E-state index < -0.39 is 6.04 Å². The van der Waals surface area contributed by atoms with Crippen molar-refractivity contribution in [3.8, 4) is 11.5 Å². The predicted octanol–water partition coefficient (Wildman–Crippen LogP) is 4.12. The number of carbonyl (C=O) groups is 2. The van der Waals surface area contributed by atoms with Crippen molar-refractivity contribution in [3.05, 3.63) is 23.8 Å². The van der Waals surface area contributed by atoms with Gasteiger partial charge < -0.3 is 19.1 Å². The Morgan fingerprint density at radius 1 is 1.10 bits per heavy atom. The van der Waals surface area contributed by atoms with Crippen molar-refractivity contribution in [1.29, 1.82) is 0 Å². The SMILES string of the molecule is COc1ccc(C(=O)N2C(C(=O)OC(C)C)CSC2C2CCCCC2)c(OC)c1.